The van der Waals surface area contributed by atoms with E-state index in [2.05, 4.69) is 6.92 Å². The summed E-state index contributed by atoms with van der Waals surface area (Å²) in [6.45, 7) is 4.83. The van der Waals surface area contributed by atoms with Crippen LogP contribution in [0.2, 0.25) is 5.02 Å². The first-order chi connectivity index (χ1) is 17.5. The predicted octanol–water partition coefficient (Wildman–Crippen LogP) is 8.62. The van der Waals surface area contributed by atoms with E-state index in [1.807, 2.05) is 13.0 Å². The fourth-order valence-corrected chi connectivity index (χ4v) is 4.23. The molecule has 3 aromatic rings. The molecular weight excluding hydrogens is 472 g/mol. The van der Waals surface area contributed by atoms with Gasteiger partial charge in [-0.3, -0.25) is 4.79 Å². The lowest BCUT2D eigenvalue weighted by Gasteiger charge is -2.09. The first-order valence-corrected chi connectivity index (χ1v) is 13.2. The zero-order valence-corrected chi connectivity index (χ0v) is 22.0. The predicted molar refractivity (Wildman–Crippen MR) is 146 cm³/mol. The van der Waals surface area contributed by atoms with Crippen molar-refractivity contribution in [3.63, 3.8) is 0 Å². The minimum Gasteiger partial charge on any atom is -0.494 e. The number of ether oxygens (including phenoxy) is 2. The Bertz CT molecular complexity index is 1120. The topological polar surface area (TPSA) is 52.6 Å². The zero-order chi connectivity index (χ0) is 25.8. The molecule has 4 nitrogen and oxygen atoms in total. The number of unbranched alkanes of at least 4 members (excludes halogenated alkanes) is 7. The number of carbonyl (C=O) groups is 2. The van der Waals surface area contributed by atoms with Gasteiger partial charge in [0.1, 0.15) is 11.5 Å². The summed E-state index contributed by atoms with van der Waals surface area (Å²) in [6.07, 6.45) is 10.1. The molecule has 0 saturated carbocycles. The minimum absolute atomic E-state index is 0.180. The van der Waals surface area contributed by atoms with Crippen LogP contribution in [0.3, 0.4) is 0 Å². The van der Waals surface area contributed by atoms with E-state index in [1.165, 1.54) is 44.9 Å². The summed E-state index contributed by atoms with van der Waals surface area (Å²) in [5, 5.41) is 0.417. The Morgan fingerprint density at radius 3 is 1.94 bits per heavy atom. The first kappa shape index (κ1) is 27.5. The molecule has 0 atom stereocenters. The molecule has 0 amide bonds. The van der Waals surface area contributed by atoms with Crippen LogP contribution in [0.25, 0.3) is 0 Å². The molecule has 36 heavy (non-hydrogen) atoms. The van der Waals surface area contributed by atoms with Crippen molar-refractivity contribution in [2.75, 3.05) is 6.61 Å². The first-order valence-electron chi connectivity index (χ1n) is 12.8. The average molecular weight is 507 g/mol. The van der Waals surface area contributed by atoms with Gasteiger partial charge in [0.25, 0.3) is 0 Å². The van der Waals surface area contributed by atoms with Crippen LogP contribution in [0.4, 0.5) is 0 Å². The summed E-state index contributed by atoms with van der Waals surface area (Å²) >= 11 is 6.22. The third-order valence-corrected chi connectivity index (χ3v) is 6.37. The van der Waals surface area contributed by atoms with Gasteiger partial charge in [0.2, 0.25) is 0 Å². The Kier molecular flexibility index (Phi) is 11.0. The SMILES string of the molecule is CCCCCCCCCCOc1ccc(C(=O)Oc2ccc(C(=O)c3ccc(C)cc3Cl)cc2)cc1. The van der Waals surface area contributed by atoms with E-state index < -0.39 is 5.97 Å². The van der Waals surface area contributed by atoms with Crippen molar-refractivity contribution in [2.45, 2.75) is 65.2 Å². The lowest BCUT2D eigenvalue weighted by molar-refractivity contribution is 0.0734. The maximum Gasteiger partial charge on any atom is 0.343 e. The molecule has 0 heterocycles. The number of hydrogen-bond donors (Lipinski definition) is 0. The van der Waals surface area contributed by atoms with Gasteiger partial charge < -0.3 is 9.47 Å². The molecule has 0 aliphatic heterocycles. The Labute approximate surface area is 219 Å². The molecule has 190 valence electrons. The van der Waals surface area contributed by atoms with Crippen molar-refractivity contribution < 1.29 is 19.1 Å². The standard InChI is InChI=1S/C31H35ClO4/c1-3-4-5-6-7-8-9-10-21-35-26-16-14-25(15-17-26)31(34)36-27-18-12-24(13-19-27)30(33)28-20-11-23(2)22-29(28)32/h11-20,22H,3-10,21H2,1-2H3. The second-order valence-electron chi connectivity index (χ2n) is 9.07. The largest absolute Gasteiger partial charge is 0.494 e. The summed E-state index contributed by atoms with van der Waals surface area (Å²) in [5.74, 6) is 0.458. The summed E-state index contributed by atoms with van der Waals surface area (Å²) < 4.78 is 11.3. The summed E-state index contributed by atoms with van der Waals surface area (Å²) in [5.41, 5.74) is 2.33. The monoisotopic (exact) mass is 506 g/mol. The number of benzene rings is 3. The maximum absolute atomic E-state index is 12.7. The molecule has 3 rings (SSSR count). The molecule has 0 unspecified atom stereocenters. The molecule has 0 fully saturated rings. The van der Waals surface area contributed by atoms with E-state index >= 15 is 0 Å². The average Bonchev–Trinajstić information content (AvgIpc) is 2.88. The highest BCUT2D eigenvalue weighted by molar-refractivity contribution is 6.35. The minimum atomic E-state index is -0.467. The van der Waals surface area contributed by atoms with Crippen molar-refractivity contribution in [3.8, 4) is 11.5 Å². The summed E-state index contributed by atoms with van der Waals surface area (Å²) in [7, 11) is 0. The van der Waals surface area contributed by atoms with Crippen molar-refractivity contribution in [3.05, 3.63) is 94.0 Å². The Balaban J connectivity index is 1.43. The Hall–Kier alpha value is -3.11. The van der Waals surface area contributed by atoms with Gasteiger partial charge in [-0.1, -0.05) is 69.5 Å². The molecule has 0 N–H and O–H groups in total. The van der Waals surface area contributed by atoms with E-state index in [9.17, 15) is 9.59 Å². The number of aryl methyl sites for hydroxylation is 1. The van der Waals surface area contributed by atoms with Crippen LogP contribution >= 0.6 is 11.6 Å². The molecule has 0 aliphatic rings. The molecular formula is C31H35ClO4. The van der Waals surface area contributed by atoms with E-state index in [1.54, 1.807) is 60.7 Å². The second kappa shape index (κ2) is 14.4. The third-order valence-electron chi connectivity index (χ3n) is 6.05. The van der Waals surface area contributed by atoms with Gasteiger partial charge >= 0.3 is 5.97 Å². The third kappa shape index (κ3) is 8.53. The number of rotatable bonds is 14. The molecule has 0 radical (unpaired) electrons. The number of carbonyl (C=O) groups excluding carboxylic acids is 2. The van der Waals surface area contributed by atoms with Gasteiger partial charge in [-0.25, -0.2) is 4.79 Å². The van der Waals surface area contributed by atoms with E-state index in [0.29, 0.717) is 34.1 Å². The zero-order valence-electron chi connectivity index (χ0n) is 21.2. The van der Waals surface area contributed by atoms with Crippen molar-refractivity contribution in [1.82, 2.24) is 0 Å². The molecule has 5 heteroatoms. The highest BCUT2D eigenvalue weighted by Crippen LogP contribution is 2.23. The summed E-state index contributed by atoms with van der Waals surface area (Å²) in [4.78, 5) is 25.3. The smallest absolute Gasteiger partial charge is 0.343 e. The molecule has 0 aromatic heterocycles. The normalized spacial score (nSPS) is 10.8. The highest BCUT2D eigenvalue weighted by Gasteiger charge is 2.14. The summed E-state index contributed by atoms with van der Waals surface area (Å²) in [6, 6.07) is 18.8. The van der Waals surface area contributed by atoms with Crippen LogP contribution in [0.5, 0.6) is 11.5 Å². The quantitative estimate of drug-likeness (QED) is 0.0949. The number of ketones is 1. The highest BCUT2D eigenvalue weighted by atomic mass is 35.5. The van der Waals surface area contributed by atoms with Crippen LogP contribution in [0.15, 0.2) is 66.7 Å². The van der Waals surface area contributed by atoms with Crippen LogP contribution in [0.1, 0.15) is 90.1 Å². The molecule has 0 bridgehead atoms. The Morgan fingerprint density at radius 1 is 0.722 bits per heavy atom. The molecule has 0 aliphatic carbocycles. The molecule has 3 aromatic carbocycles. The van der Waals surface area contributed by atoms with Gasteiger partial charge in [0.15, 0.2) is 5.78 Å². The maximum atomic E-state index is 12.7. The van der Waals surface area contributed by atoms with Gasteiger partial charge in [-0.05, 0) is 79.6 Å². The fraction of sp³-hybridized carbons (Fsp3) is 0.355. The number of halogens is 1. The van der Waals surface area contributed by atoms with E-state index in [0.717, 1.165) is 17.7 Å². The van der Waals surface area contributed by atoms with Gasteiger partial charge in [0.05, 0.1) is 17.2 Å². The van der Waals surface area contributed by atoms with Crippen LogP contribution in [-0.4, -0.2) is 18.4 Å². The lowest BCUT2D eigenvalue weighted by Crippen LogP contribution is -2.09. The molecule has 0 saturated heterocycles. The van der Waals surface area contributed by atoms with Crippen LogP contribution in [-0.2, 0) is 0 Å². The van der Waals surface area contributed by atoms with E-state index in [-0.39, 0.29) is 5.78 Å². The lowest BCUT2D eigenvalue weighted by atomic mass is 10.0. The Morgan fingerprint density at radius 2 is 1.31 bits per heavy atom. The molecule has 0 spiro atoms. The van der Waals surface area contributed by atoms with E-state index in [4.69, 9.17) is 21.1 Å². The van der Waals surface area contributed by atoms with Crippen molar-refractivity contribution in [2.24, 2.45) is 0 Å². The van der Waals surface area contributed by atoms with Gasteiger partial charge in [-0.2, -0.15) is 0 Å². The van der Waals surface area contributed by atoms with Gasteiger partial charge in [-0.15, -0.1) is 0 Å². The number of hydrogen-bond acceptors (Lipinski definition) is 4. The van der Waals surface area contributed by atoms with Crippen molar-refractivity contribution in [1.29, 1.82) is 0 Å². The number of esters is 1. The second-order valence-corrected chi connectivity index (χ2v) is 9.48. The van der Waals surface area contributed by atoms with Crippen LogP contribution in [0, 0.1) is 6.92 Å². The van der Waals surface area contributed by atoms with Gasteiger partial charge in [0, 0.05) is 11.1 Å². The van der Waals surface area contributed by atoms with Crippen LogP contribution < -0.4 is 9.47 Å². The van der Waals surface area contributed by atoms with Crippen molar-refractivity contribution >= 4 is 23.4 Å². The fourth-order valence-electron chi connectivity index (χ4n) is 3.91.